The van der Waals surface area contributed by atoms with Crippen LogP contribution in [0, 0.1) is 6.92 Å². The Morgan fingerprint density at radius 2 is 0.986 bits per heavy atom. The van der Waals surface area contributed by atoms with E-state index in [1.54, 1.807) is 52.0 Å². The molecule has 0 spiro atoms. The fourth-order valence-corrected chi connectivity index (χ4v) is 4.48. The van der Waals surface area contributed by atoms with Crippen LogP contribution in [0.5, 0.6) is 0 Å². The molecule has 438 valence electrons. The number of rotatable bonds is 0. The summed E-state index contributed by atoms with van der Waals surface area (Å²) in [6.45, 7) is 43.5. The number of ether oxygens (including phenoxy) is 2. The van der Waals surface area contributed by atoms with Gasteiger partial charge >= 0.3 is 0 Å². The average molecular weight is 1050 g/mol. The van der Waals surface area contributed by atoms with Gasteiger partial charge < -0.3 is 30.2 Å². The number of aromatic nitrogens is 7. The van der Waals surface area contributed by atoms with Crippen LogP contribution in [0.2, 0.25) is 0 Å². The molecule has 6 aliphatic heterocycles. The van der Waals surface area contributed by atoms with Crippen LogP contribution in [0.4, 0.5) is 0 Å². The molecule has 1 saturated carbocycles. The molecule has 5 N–H and O–H groups in total. The van der Waals surface area contributed by atoms with Crippen molar-refractivity contribution in [2.75, 3.05) is 80.0 Å². The van der Waals surface area contributed by atoms with Crippen LogP contribution in [0.1, 0.15) is 200 Å². The number of H-pyrrole nitrogens is 1. The summed E-state index contributed by atoms with van der Waals surface area (Å²) in [5.41, 5.74) is 2.43. The Balaban J connectivity index is -0.0000000873. The monoisotopic (exact) mass is 1050 g/mol. The summed E-state index contributed by atoms with van der Waals surface area (Å²) in [4.78, 5) is 32.6. The molecule has 1 aliphatic carbocycles. The maximum absolute atomic E-state index is 9.44. The number of hydrogen-bond acceptors (Lipinski definition) is 16. The van der Waals surface area contributed by atoms with E-state index in [2.05, 4.69) is 88.7 Å². The van der Waals surface area contributed by atoms with E-state index in [1.807, 2.05) is 121 Å². The minimum atomic E-state index is 0.167. The standard InChI is InChI=1S/C5H5N.C5H10.C4H4N2.2C4H9N.2C4H7N.C4H8O.C3H6O.C2H4N4.C2H4N2O.C2H6O.7C2H6/c1-2-4-6-5-3-1;1-2-4-5-3-1;1-2-5-4-6-3-1;5*1-2-4-5-3-1;1-3(2)4;1-2-3-5-6-4-2;1-3-2-5-4-1;1-3-2;7*1-2/h1-5H;1-5H2;1-4H;2*5H,1-4H2;3H,1-2,4H2;1-2,5H,3-4H2;1-4H2;1-2H3;1H3,(H,3,4,5,6);1H,2H2,(H,3,4);1-2H3;7*1-2H3. The second-order valence-electron chi connectivity index (χ2n) is 13.3. The molecule has 17 nitrogen and oxygen atoms in total. The number of Topliss-reactive ketones (excluding diaryl/α,β-unsaturated/α-hetero) is 1. The SMILES string of the molecule is C1=CCNC1.C1=NCCC1.C1=NCON1.C1CCCC1.C1CCNC1.C1CCNC1.C1CCOC1.CC.CC.CC.CC.CC.CC.CC.CC(C)=O.COC.Cc1nn[nH]n1.c1ccncc1.c1cncnc1. The Kier molecular flexibility index (Phi) is 132. The van der Waals surface area contributed by atoms with Gasteiger partial charge in [0.15, 0.2) is 12.6 Å². The highest BCUT2D eigenvalue weighted by molar-refractivity contribution is 5.72. The van der Waals surface area contributed by atoms with Gasteiger partial charge in [-0.1, -0.05) is 152 Å². The van der Waals surface area contributed by atoms with Gasteiger partial charge in [0.25, 0.3) is 0 Å². The summed E-state index contributed by atoms with van der Waals surface area (Å²) in [7, 11) is 3.25. The maximum Gasteiger partial charge on any atom is 0.171 e. The Hall–Kier alpha value is -4.39. The number of aliphatic imine (C=N–C) groups is 2. The van der Waals surface area contributed by atoms with Crippen LogP contribution in [0.25, 0.3) is 0 Å². The third kappa shape index (κ3) is 122. The molecule has 3 saturated heterocycles. The zero-order valence-electron chi connectivity index (χ0n) is 51.5. The number of hydroxylamine groups is 1. The van der Waals surface area contributed by atoms with E-state index < -0.39 is 0 Å². The first kappa shape index (κ1) is 89.2. The molecule has 0 atom stereocenters. The normalized spacial score (nSPS) is 13.8. The van der Waals surface area contributed by atoms with E-state index in [0.29, 0.717) is 12.6 Å². The van der Waals surface area contributed by atoms with Crippen molar-refractivity contribution in [2.24, 2.45) is 9.98 Å². The lowest BCUT2D eigenvalue weighted by atomic mass is 10.4. The van der Waals surface area contributed by atoms with Crippen molar-refractivity contribution < 1.29 is 19.1 Å². The lowest BCUT2D eigenvalue weighted by Gasteiger charge is -1.79. The fourth-order valence-electron chi connectivity index (χ4n) is 4.48. The van der Waals surface area contributed by atoms with Crippen LogP contribution in [0.3, 0.4) is 0 Å². The maximum atomic E-state index is 9.44. The van der Waals surface area contributed by atoms with Crippen molar-refractivity contribution in [1.82, 2.24) is 57.0 Å². The molecule has 10 rings (SSSR count). The number of pyridine rings is 1. The molecule has 0 amide bonds. The van der Waals surface area contributed by atoms with Gasteiger partial charge in [-0.2, -0.15) is 5.21 Å². The predicted octanol–water partition coefficient (Wildman–Crippen LogP) is 13.1. The van der Waals surface area contributed by atoms with Gasteiger partial charge in [-0.3, -0.25) is 20.3 Å². The molecule has 7 aliphatic rings. The first-order valence-corrected chi connectivity index (χ1v) is 28.4. The van der Waals surface area contributed by atoms with Crippen LogP contribution in [-0.2, 0) is 19.1 Å². The minimum absolute atomic E-state index is 0.167. The number of tetrazole rings is 1. The Labute approximate surface area is 457 Å². The lowest BCUT2D eigenvalue weighted by molar-refractivity contribution is -0.115. The third-order valence-corrected chi connectivity index (χ3v) is 7.29. The molecule has 3 aromatic rings. The number of ketones is 1. The summed E-state index contributed by atoms with van der Waals surface area (Å²) < 4.78 is 9.19. The molecule has 3 aromatic heterocycles. The topological polar surface area (TPSA) is 211 Å². The van der Waals surface area contributed by atoms with Crippen molar-refractivity contribution >= 4 is 18.3 Å². The molecule has 4 fully saturated rings. The molecular weight excluding hydrogens is 931 g/mol. The van der Waals surface area contributed by atoms with E-state index in [4.69, 9.17) is 4.74 Å². The van der Waals surface area contributed by atoms with Gasteiger partial charge in [-0.05, 0) is 123 Å². The van der Waals surface area contributed by atoms with E-state index in [-0.39, 0.29) is 5.78 Å². The molecule has 9 heterocycles. The molecule has 17 heteroatoms. The fraction of sp³-hybridized carbons (Fsp3) is 0.737. The lowest BCUT2D eigenvalue weighted by Crippen LogP contribution is -2.04. The van der Waals surface area contributed by atoms with Crippen molar-refractivity contribution in [3.63, 3.8) is 0 Å². The highest BCUT2D eigenvalue weighted by Crippen LogP contribution is 2.15. The quantitative estimate of drug-likeness (QED) is 0.133. The van der Waals surface area contributed by atoms with Crippen molar-refractivity contribution in [3.8, 4) is 0 Å². The smallest absolute Gasteiger partial charge is 0.171 e. The van der Waals surface area contributed by atoms with Crippen LogP contribution in [-0.4, -0.2) is 134 Å². The van der Waals surface area contributed by atoms with Gasteiger partial charge in [0, 0.05) is 71.9 Å². The first-order chi connectivity index (χ1) is 36.5. The van der Waals surface area contributed by atoms with Gasteiger partial charge in [-0.25, -0.2) is 15.0 Å². The summed E-state index contributed by atoms with van der Waals surface area (Å²) in [5.74, 6) is 0.843. The third-order valence-electron chi connectivity index (χ3n) is 7.29. The van der Waals surface area contributed by atoms with Gasteiger partial charge in [-0.15, -0.1) is 10.2 Å². The largest absolute Gasteiger partial charge is 0.388 e. The molecular formula is C57H121N13O4. The second kappa shape index (κ2) is 109. The number of methoxy groups -OCH3 is 1. The summed E-state index contributed by atoms with van der Waals surface area (Å²) in [6, 6.07) is 7.49. The van der Waals surface area contributed by atoms with Gasteiger partial charge in [0.2, 0.25) is 0 Å². The van der Waals surface area contributed by atoms with Crippen LogP contribution in [0.15, 0.2) is 77.5 Å². The zero-order chi connectivity index (χ0) is 57.9. The number of hydrogen-bond donors (Lipinski definition) is 5. The highest BCUT2D eigenvalue weighted by atomic mass is 16.7. The Morgan fingerprint density at radius 1 is 0.554 bits per heavy atom. The van der Waals surface area contributed by atoms with E-state index >= 15 is 0 Å². The summed E-state index contributed by atoms with van der Waals surface area (Å²) in [6.07, 6.45) is 34.2. The first-order valence-electron chi connectivity index (χ1n) is 28.4. The average Bonchev–Trinajstić information content (AvgIpc) is 4.34. The van der Waals surface area contributed by atoms with E-state index in [0.717, 1.165) is 32.8 Å². The molecule has 0 aromatic carbocycles. The summed E-state index contributed by atoms with van der Waals surface area (Å²) in [5, 5.41) is 22.3. The minimum Gasteiger partial charge on any atom is -0.388 e. The Morgan fingerprint density at radius 3 is 1.11 bits per heavy atom. The molecule has 0 bridgehead atoms. The predicted molar refractivity (Wildman–Crippen MR) is 323 cm³/mol. The second-order valence-corrected chi connectivity index (χ2v) is 13.3. The van der Waals surface area contributed by atoms with Crippen LogP contribution < -0.4 is 21.4 Å². The van der Waals surface area contributed by atoms with E-state index in [1.165, 1.54) is 136 Å². The molecule has 0 unspecified atom stereocenters. The number of aryl methyl sites for hydroxylation is 1. The number of carbonyl (C=O) groups is 1. The number of nitrogens with one attached hydrogen (secondary N) is 5. The molecule has 0 radical (unpaired) electrons. The van der Waals surface area contributed by atoms with Crippen molar-refractivity contribution in [3.05, 3.63) is 73.4 Å². The van der Waals surface area contributed by atoms with Crippen molar-refractivity contribution in [2.45, 2.75) is 201 Å². The van der Waals surface area contributed by atoms with Crippen molar-refractivity contribution in [1.29, 1.82) is 0 Å². The van der Waals surface area contributed by atoms with Gasteiger partial charge in [0.1, 0.15) is 18.4 Å². The number of aromatic amines is 1. The van der Waals surface area contributed by atoms with Gasteiger partial charge in [0.05, 0.1) is 0 Å². The number of nitrogens with zero attached hydrogens (tertiary/aromatic N) is 8. The summed E-state index contributed by atoms with van der Waals surface area (Å²) >= 11 is 0. The Bertz CT molecular complexity index is 1050. The van der Waals surface area contributed by atoms with Crippen LogP contribution >= 0.6 is 0 Å². The zero-order valence-corrected chi connectivity index (χ0v) is 51.5. The van der Waals surface area contributed by atoms with E-state index in [9.17, 15) is 4.79 Å². The number of carbonyl (C=O) groups excluding carboxylic acids is 1. The highest BCUT2D eigenvalue weighted by Gasteiger charge is 1.96. The molecule has 74 heavy (non-hydrogen) atoms.